The van der Waals surface area contributed by atoms with Gasteiger partial charge < -0.3 is 9.47 Å². The molecule has 9 heteroatoms. The summed E-state index contributed by atoms with van der Waals surface area (Å²) in [7, 11) is -2.59. The van der Waals surface area contributed by atoms with E-state index in [0.29, 0.717) is 22.4 Å². The van der Waals surface area contributed by atoms with Crippen LogP contribution < -0.4 is 14.2 Å². The topological polar surface area (TPSA) is 77.5 Å². The number of hydrogen-bond donors (Lipinski definition) is 1. The molecule has 0 spiro atoms. The lowest BCUT2D eigenvalue weighted by Crippen LogP contribution is -2.14. The quantitative estimate of drug-likeness (QED) is 0.419. The Morgan fingerprint density at radius 1 is 0.969 bits per heavy atom. The first-order valence-corrected chi connectivity index (χ1v) is 10.9. The molecule has 0 radical (unpaired) electrons. The smallest absolute Gasteiger partial charge is 0.262 e. The first-order valence-electron chi connectivity index (χ1n) is 9.46. The summed E-state index contributed by atoms with van der Waals surface area (Å²) in [6.45, 7) is 1.88. The molecule has 3 aromatic carbocycles. The first kappa shape index (κ1) is 21.5. The van der Waals surface area contributed by atoms with Crippen LogP contribution in [0.25, 0.3) is 10.9 Å². The van der Waals surface area contributed by atoms with Crippen LogP contribution in [0.15, 0.2) is 71.8 Å². The van der Waals surface area contributed by atoms with Crippen LogP contribution in [0.3, 0.4) is 0 Å². The van der Waals surface area contributed by atoms with E-state index in [1.165, 1.54) is 24.3 Å². The minimum atomic E-state index is -4.16. The summed E-state index contributed by atoms with van der Waals surface area (Å²) in [5.74, 6) is -0.262. The molecule has 0 saturated heterocycles. The minimum Gasteiger partial charge on any atom is -0.496 e. The number of nitrogens with zero attached hydrogens (tertiary/aromatic N) is 1. The van der Waals surface area contributed by atoms with E-state index in [1.54, 1.807) is 25.4 Å². The Balaban J connectivity index is 1.61. The molecular formula is C23H18F2N2O4S. The van der Waals surface area contributed by atoms with Gasteiger partial charge in [-0.25, -0.2) is 17.2 Å². The molecule has 6 nitrogen and oxygen atoms in total. The summed E-state index contributed by atoms with van der Waals surface area (Å²) in [6.07, 6.45) is 1.56. The van der Waals surface area contributed by atoms with E-state index in [2.05, 4.69) is 9.71 Å². The van der Waals surface area contributed by atoms with E-state index in [4.69, 9.17) is 9.47 Å². The predicted octanol–water partition coefficient (Wildman–Crippen LogP) is 5.42. The number of aromatic nitrogens is 1. The minimum absolute atomic E-state index is 0.164. The third-order valence-electron chi connectivity index (χ3n) is 4.74. The van der Waals surface area contributed by atoms with Crippen LogP contribution in [0.5, 0.6) is 17.2 Å². The van der Waals surface area contributed by atoms with Crippen LogP contribution >= 0.6 is 0 Å². The van der Waals surface area contributed by atoms with Gasteiger partial charge in [0.2, 0.25) is 0 Å². The van der Waals surface area contributed by atoms with Gasteiger partial charge in [-0.05, 0) is 55.0 Å². The van der Waals surface area contributed by atoms with Crippen LogP contribution in [-0.2, 0) is 10.0 Å². The summed E-state index contributed by atoms with van der Waals surface area (Å²) in [4.78, 5) is 3.99. The lowest BCUT2D eigenvalue weighted by Gasteiger charge is -2.13. The summed E-state index contributed by atoms with van der Waals surface area (Å²) in [5, 5.41) is 0.710. The van der Waals surface area contributed by atoms with Crippen molar-refractivity contribution in [3.63, 3.8) is 0 Å². The molecule has 4 rings (SSSR count). The number of rotatable bonds is 6. The molecule has 0 unspecified atom stereocenters. The lowest BCUT2D eigenvalue weighted by atomic mass is 10.1. The van der Waals surface area contributed by atoms with Crippen molar-refractivity contribution in [1.29, 1.82) is 0 Å². The Kier molecular flexibility index (Phi) is 5.67. The molecule has 0 aliphatic heterocycles. The van der Waals surface area contributed by atoms with Gasteiger partial charge in [0.1, 0.15) is 23.1 Å². The average Bonchev–Trinajstić information content (AvgIpc) is 2.75. The number of halogens is 2. The molecule has 0 amide bonds. The maximum Gasteiger partial charge on any atom is 0.262 e. The second kappa shape index (κ2) is 8.43. The molecule has 0 atom stereocenters. The van der Waals surface area contributed by atoms with Crippen LogP contribution in [0.2, 0.25) is 0 Å². The average molecular weight is 456 g/mol. The number of anilines is 1. The Morgan fingerprint density at radius 2 is 1.78 bits per heavy atom. The summed E-state index contributed by atoms with van der Waals surface area (Å²) < 4.78 is 66.1. The van der Waals surface area contributed by atoms with Crippen molar-refractivity contribution < 1.29 is 26.7 Å². The molecule has 1 heterocycles. The van der Waals surface area contributed by atoms with Crippen molar-refractivity contribution in [2.24, 2.45) is 0 Å². The van der Waals surface area contributed by atoms with Gasteiger partial charge in [-0.2, -0.15) is 0 Å². The van der Waals surface area contributed by atoms with Gasteiger partial charge in [-0.3, -0.25) is 9.71 Å². The van der Waals surface area contributed by atoms with Gasteiger partial charge in [0.25, 0.3) is 10.0 Å². The molecule has 164 valence electrons. The second-order valence-corrected chi connectivity index (χ2v) is 8.64. The highest BCUT2D eigenvalue weighted by Crippen LogP contribution is 2.34. The van der Waals surface area contributed by atoms with Crippen molar-refractivity contribution in [2.45, 2.75) is 11.8 Å². The zero-order chi connectivity index (χ0) is 22.9. The van der Waals surface area contributed by atoms with Crippen molar-refractivity contribution in [3.8, 4) is 17.2 Å². The predicted molar refractivity (Wildman–Crippen MR) is 117 cm³/mol. The first-order chi connectivity index (χ1) is 15.3. The highest BCUT2D eigenvalue weighted by molar-refractivity contribution is 7.92. The van der Waals surface area contributed by atoms with Crippen molar-refractivity contribution in [2.75, 3.05) is 11.8 Å². The van der Waals surface area contributed by atoms with E-state index in [-0.39, 0.29) is 16.3 Å². The van der Waals surface area contributed by atoms with Gasteiger partial charge in [-0.1, -0.05) is 6.07 Å². The maximum absolute atomic E-state index is 14.6. The van der Waals surface area contributed by atoms with Crippen LogP contribution in [0, 0.1) is 18.6 Å². The van der Waals surface area contributed by atoms with Crippen molar-refractivity contribution in [1.82, 2.24) is 4.98 Å². The molecule has 0 aliphatic rings. The fourth-order valence-corrected chi connectivity index (χ4v) is 4.27. The second-order valence-electron chi connectivity index (χ2n) is 6.95. The third kappa shape index (κ3) is 4.33. The Bertz CT molecular complexity index is 1430. The number of sulfonamides is 1. The highest BCUT2D eigenvalue weighted by Gasteiger charge is 2.18. The number of methoxy groups -OCH3 is 1. The lowest BCUT2D eigenvalue weighted by molar-refractivity contribution is 0.412. The van der Waals surface area contributed by atoms with Gasteiger partial charge in [-0.15, -0.1) is 0 Å². The van der Waals surface area contributed by atoms with Gasteiger partial charge >= 0.3 is 0 Å². The molecule has 1 N–H and O–H groups in total. The number of hydrogen-bond acceptors (Lipinski definition) is 5. The molecule has 4 aromatic rings. The van der Waals surface area contributed by atoms with Crippen molar-refractivity contribution >= 4 is 26.6 Å². The van der Waals surface area contributed by atoms with Crippen LogP contribution in [-0.4, -0.2) is 20.5 Å². The fourth-order valence-electron chi connectivity index (χ4n) is 3.17. The highest BCUT2D eigenvalue weighted by atomic mass is 32.2. The normalized spacial score (nSPS) is 11.4. The van der Waals surface area contributed by atoms with Crippen molar-refractivity contribution in [3.05, 3.63) is 84.1 Å². The summed E-state index contributed by atoms with van der Waals surface area (Å²) >= 11 is 0. The Hall–Kier alpha value is -3.72. The Morgan fingerprint density at radius 3 is 2.50 bits per heavy atom. The van der Waals surface area contributed by atoms with Crippen LogP contribution in [0.1, 0.15) is 5.56 Å². The molecule has 0 aliphatic carbocycles. The fraction of sp³-hybridized carbons (Fsp3) is 0.0870. The van der Waals surface area contributed by atoms with E-state index in [0.717, 1.165) is 23.8 Å². The van der Waals surface area contributed by atoms with E-state index >= 15 is 0 Å². The standard InChI is InChI=1S/C23H18F2N2O4S/c1-14-10-18-21(13-23(14)30-2)26-9-8-22(18)31-16-6-7-20(19(25)12-16)27-32(28,29)17-5-3-4-15(24)11-17/h3-13,27H,1-2H3. The number of nitrogens with one attached hydrogen (secondary N) is 1. The number of benzene rings is 3. The Labute approximate surface area is 183 Å². The number of aryl methyl sites for hydroxylation is 1. The zero-order valence-corrected chi connectivity index (χ0v) is 17.9. The number of ether oxygens (including phenoxy) is 2. The van der Waals surface area contributed by atoms with Gasteiger partial charge in [0.15, 0.2) is 5.82 Å². The third-order valence-corrected chi connectivity index (χ3v) is 6.10. The number of pyridine rings is 1. The molecule has 1 aromatic heterocycles. The van der Waals surface area contributed by atoms with Crippen LogP contribution in [0.4, 0.5) is 14.5 Å². The van der Waals surface area contributed by atoms with Gasteiger partial charge in [0, 0.05) is 23.7 Å². The molecule has 0 saturated carbocycles. The largest absolute Gasteiger partial charge is 0.496 e. The van der Waals surface area contributed by atoms with E-state index < -0.39 is 21.7 Å². The summed E-state index contributed by atoms with van der Waals surface area (Å²) in [6, 6.07) is 13.4. The molecule has 0 bridgehead atoms. The van der Waals surface area contributed by atoms with Gasteiger partial charge in [0.05, 0.1) is 23.2 Å². The maximum atomic E-state index is 14.6. The zero-order valence-electron chi connectivity index (χ0n) is 17.1. The summed E-state index contributed by atoms with van der Waals surface area (Å²) in [5.41, 5.74) is 1.23. The van der Waals surface area contributed by atoms with E-state index in [9.17, 15) is 17.2 Å². The number of fused-ring (bicyclic) bond motifs is 1. The molecule has 0 fully saturated rings. The van der Waals surface area contributed by atoms with E-state index in [1.807, 2.05) is 13.0 Å². The molecular weight excluding hydrogens is 438 g/mol. The SMILES string of the molecule is COc1cc2nccc(Oc3ccc(NS(=O)(=O)c4cccc(F)c4)c(F)c3)c2cc1C. The monoisotopic (exact) mass is 456 g/mol. The molecule has 32 heavy (non-hydrogen) atoms.